The van der Waals surface area contributed by atoms with E-state index in [0.717, 1.165) is 16.7 Å². The fourth-order valence-corrected chi connectivity index (χ4v) is 5.87. The second kappa shape index (κ2) is 5.19. The molecule has 0 saturated carbocycles. The first-order valence-electron chi connectivity index (χ1n) is 6.99. The Morgan fingerprint density at radius 3 is 2.71 bits per heavy atom. The molecule has 2 radical (unpaired) electrons. The molecule has 100 valence electrons. The molecule has 2 aromatic carbocycles. The minimum absolute atomic E-state index is 0.526. The summed E-state index contributed by atoms with van der Waals surface area (Å²) in [6, 6.07) is 17.1. The van der Waals surface area contributed by atoms with Crippen LogP contribution in [-0.2, 0) is 0 Å². The van der Waals surface area contributed by atoms with E-state index in [1.165, 1.54) is 16.3 Å². The molecule has 1 aromatic heterocycles. The summed E-state index contributed by atoms with van der Waals surface area (Å²) in [4.78, 5) is 4.91. The SMILES string of the molecule is NC1=[CH][Sn][CH](c2cccc3cc4ccccc4nc23)C=C1. The molecule has 0 amide bonds. The first-order chi connectivity index (χ1) is 10.3. The van der Waals surface area contributed by atoms with E-state index in [1.807, 2.05) is 12.1 Å². The van der Waals surface area contributed by atoms with Gasteiger partial charge < -0.3 is 0 Å². The van der Waals surface area contributed by atoms with Crippen molar-refractivity contribution in [2.24, 2.45) is 5.73 Å². The van der Waals surface area contributed by atoms with Crippen LogP contribution in [0.2, 0.25) is 0 Å². The number of aromatic nitrogens is 1. The standard InChI is InChI=1S/C18H14N2.Sn/c1-13(19)6-4-8-14-9-5-10-16-12-15-7-2-3-11-17(15)20-18(14)16;/h1-12H,19H2;. The van der Waals surface area contributed by atoms with Gasteiger partial charge in [0.15, 0.2) is 0 Å². The van der Waals surface area contributed by atoms with Crippen molar-refractivity contribution in [3.05, 3.63) is 76.0 Å². The number of nitrogens with two attached hydrogens (primary N) is 1. The number of para-hydroxylation sites is 2. The predicted molar refractivity (Wildman–Crippen MR) is 89.2 cm³/mol. The van der Waals surface area contributed by atoms with Gasteiger partial charge in [0, 0.05) is 0 Å². The van der Waals surface area contributed by atoms with Crippen molar-refractivity contribution in [2.45, 2.75) is 3.93 Å². The van der Waals surface area contributed by atoms with Gasteiger partial charge in [0.25, 0.3) is 0 Å². The Labute approximate surface area is 133 Å². The monoisotopic (exact) mass is 378 g/mol. The number of allylic oxidation sites excluding steroid dienone is 2. The zero-order valence-corrected chi connectivity index (χ0v) is 14.3. The summed E-state index contributed by atoms with van der Waals surface area (Å²) in [6.07, 6.45) is 4.29. The molecule has 0 bridgehead atoms. The average Bonchev–Trinajstić information content (AvgIpc) is 2.53. The van der Waals surface area contributed by atoms with Crippen molar-refractivity contribution in [3.8, 4) is 0 Å². The van der Waals surface area contributed by atoms with Crippen molar-refractivity contribution >= 4 is 42.9 Å². The molecule has 3 heteroatoms. The summed E-state index contributed by atoms with van der Waals surface area (Å²) < 4.78 is 2.78. The Morgan fingerprint density at radius 1 is 1.00 bits per heavy atom. The van der Waals surface area contributed by atoms with Crippen molar-refractivity contribution in [3.63, 3.8) is 0 Å². The van der Waals surface area contributed by atoms with Gasteiger partial charge in [0.05, 0.1) is 0 Å². The number of fused-ring (bicyclic) bond motifs is 2. The quantitative estimate of drug-likeness (QED) is 0.521. The van der Waals surface area contributed by atoms with Crippen LogP contribution in [0.15, 0.2) is 70.5 Å². The summed E-state index contributed by atoms with van der Waals surface area (Å²) in [7, 11) is 0. The van der Waals surface area contributed by atoms with Crippen molar-refractivity contribution < 1.29 is 0 Å². The Hall–Kier alpha value is -1.81. The predicted octanol–water partition coefficient (Wildman–Crippen LogP) is 3.50. The second-order valence-corrected chi connectivity index (χ2v) is 8.80. The van der Waals surface area contributed by atoms with E-state index in [4.69, 9.17) is 10.7 Å². The number of pyridine rings is 1. The molecule has 2 heterocycles. The van der Waals surface area contributed by atoms with Gasteiger partial charge in [0.1, 0.15) is 0 Å². The van der Waals surface area contributed by atoms with Gasteiger partial charge in [0.2, 0.25) is 0 Å². The minimum atomic E-state index is -0.672. The molecule has 0 fully saturated rings. The normalized spacial score (nSPS) is 18.1. The van der Waals surface area contributed by atoms with Crippen LogP contribution in [0.25, 0.3) is 21.8 Å². The molecule has 0 saturated heterocycles. The third-order valence-corrected chi connectivity index (χ3v) is 7.71. The first kappa shape index (κ1) is 12.9. The molecular formula is C18H14N2Sn. The maximum absolute atomic E-state index is 5.86. The molecular weight excluding hydrogens is 363 g/mol. The van der Waals surface area contributed by atoms with E-state index in [0.29, 0.717) is 3.93 Å². The second-order valence-electron chi connectivity index (χ2n) is 5.25. The van der Waals surface area contributed by atoms with Crippen LogP contribution >= 0.6 is 0 Å². The van der Waals surface area contributed by atoms with Crippen LogP contribution in [0.1, 0.15) is 9.50 Å². The van der Waals surface area contributed by atoms with Crippen LogP contribution in [0.4, 0.5) is 0 Å². The Balaban J connectivity index is 1.93. The maximum atomic E-state index is 5.86. The van der Waals surface area contributed by atoms with E-state index < -0.39 is 21.1 Å². The van der Waals surface area contributed by atoms with E-state index in [1.54, 1.807) is 0 Å². The summed E-state index contributed by atoms with van der Waals surface area (Å²) in [5.41, 5.74) is 10.3. The summed E-state index contributed by atoms with van der Waals surface area (Å²) >= 11 is -0.672. The number of hydrogen-bond donors (Lipinski definition) is 1. The number of rotatable bonds is 1. The molecule has 2 nitrogen and oxygen atoms in total. The zero-order valence-electron chi connectivity index (χ0n) is 11.5. The average molecular weight is 377 g/mol. The number of nitrogens with zero attached hydrogens (tertiary/aromatic N) is 1. The summed E-state index contributed by atoms with van der Waals surface area (Å²) in [5.74, 6) is 0. The molecule has 1 aliphatic rings. The fraction of sp³-hybridized carbons (Fsp3) is 0.0556. The van der Waals surface area contributed by atoms with Gasteiger partial charge in [-0.25, -0.2) is 0 Å². The van der Waals surface area contributed by atoms with Gasteiger partial charge in [-0.05, 0) is 0 Å². The molecule has 1 atom stereocenters. The zero-order chi connectivity index (χ0) is 14.2. The van der Waals surface area contributed by atoms with Gasteiger partial charge in [-0.15, -0.1) is 0 Å². The van der Waals surface area contributed by atoms with E-state index in [-0.39, 0.29) is 0 Å². The van der Waals surface area contributed by atoms with Gasteiger partial charge >= 0.3 is 134 Å². The third kappa shape index (κ3) is 2.33. The summed E-state index contributed by atoms with van der Waals surface area (Å²) in [5, 5.41) is 2.42. The topological polar surface area (TPSA) is 38.9 Å². The van der Waals surface area contributed by atoms with E-state index in [2.05, 4.69) is 52.6 Å². The van der Waals surface area contributed by atoms with Crippen molar-refractivity contribution in [2.75, 3.05) is 0 Å². The molecule has 0 aliphatic carbocycles. The molecule has 21 heavy (non-hydrogen) atoms. The van der Waals surface area contributed by atoms with Gasteiger partial charge in [-0.3, -0.25) is 0 Å². The fourth-order valence-electron chi connectivity index (χ4n) is 2.77. The third-order valence-electron chi connectivity index (χ3n) is 3.82. The van der Waals surface area contributed by atoms with Crippen LogP contribution in [-0.4, -0.2) is 26.1 Å². The van der Waals surface area contributed by atoms with Crippen LogP contribution in [0.3, 0.4) is 0 Å². The Kier molecular flexibility index (Phi) is 3.18. The Morgan fingerprint density at radius 2 is 1.86 bits per heavy atom. The van der Waals surface area contributed by atoms with Crippen molar-refractivity contribution in [1.82, 2.24) is 4.98 Å². The van der Waals surface area contributed by atoms with Crippen LogP contribution in [0, 0.1) is 0 Å². The molecule has 3 aromatic rings. The summed E-state index contributed by atoms with van der Waals surface area (Å²) in [6.45, 7) is 0. The molecule has 4 rings (SSSR count). The van der Waals surface area contributed by atoms with E-state index >= 15 is 0 Å². The molecule has 1 unspecified atom stereocenters. The molecule has 2 N–H and O–H groups in total. The van der Waals surface area contributed by atoms with E-state index in [9.17, 15) is 0 Å². The Bertz CT molecular complexity index is 896. The first-order valence-corrected chi connectivity index (χ1v) is 10.3. The number of hydrogen-bond acceptors (Lipinski definition) is 2. The number of benzene rings is 2. The molecule has 1 aliphatic heterocycles. The van der Waals surface area contributed by atoms with Crippen LogP contribution < -0.4 is 5.73 Å². The molecule has 0 spiro atoms. The van der Waals surface area contributed by atoms with Gasteiger partial charge in [-0.2, -0.15) is 0 Å². The van der Waals surface area contributed by atoms with Crippen LogP contribution in [0.5, 0.6) is 0 Å². The van der Waals surface area contributed by atoms with Gasteiger partial charge in [-0.1, -0.05) is 0 Å². The van der Waals surface area contributed by atoms with Crippen molar-refractivity contribution in [1.29, 1.82) is 0 Å².